The Kier molecular flexibility index (Phi) is 7.73. The molecule has 0 aliphatic carbocycles. The van der Waals surface area contributed by atoms with Crippen molar-refractivity contribution in [2.45, 2.75) is 18.9 Å². The average Bonchev–Trinajstić information content (AvgIpc) is 2.09. The third kappa shape index (κ3) is 8.21. The second-order valence-corrected chi connectivity index (χ2v) is 5.22. The van der Waals surface area contributed by atoms with E-state index in [0.717, 1.165) is 0 Å². The van der Waals surface area contributed by atoms with Gasteiger partial charge in [-0.2, -0.15) is 0 Å². The molecule has 7 heteroatoms. The topological polar surface area (TPSA) is 101 Å². The summed E-state index contributed by atoms with van der Waals surface area (Å²) in [5.41, 5.74) is 5.26. The maximum absolute atomic E-state index is 10.3. The van der Waals surface area contributed by atoms with Gasteiger partial charge < -0.3 is 15.9 Å². The monoisotopic (exact) mass is 239 g/mol. The van der Waals surface area contributed by atoms with Crippen LogP contribution in [0.5, 0.6) is 0 Å². The molecule has 4 N–H and O–H groups in total. The number of hydrogen-bond donors (Lipinski definition) is 3. The summed E-state index contributed by atoms with van der Waals surface area (Å²) in [6, 6.07) is -0.817. The molecule has 0 rings (SSSR count). The molecule has 0 fully saturated rings. The van der Waals surface area contributed by atoms with E-state index < -0.39 is 18.0 Å². The Balaban J connectivity index is 3.21. The summed E-state index contributed by atoms with van der Waals surface area (Å²) < 4.78 is 0. The van der Waals surface area contributed by atoms with Crippen molar-refractivity contribution in [3.63, 3.8) is 0 Å². The van der Waals surface area contributed by atoms with Crippen LogP contribution in [0.25, 0.3) is 0 Å². The minimum Gasteiger partial charge on any atom is -0.481 e. The first-order chi connectivity index (χ1) is 6.54. The van der Waals surface area contributed by atoms with E-state index in [0.29, 0.717) is 17.9 Å². The van der Waals surface area contributed by atoms with E-state index >= 15 is 0 Å². The number of carboxylic acids is 2. The highest BCUT2D eigenvalue weighted by Crippen LogP contribution is 2.22. The molecule has 1 atom stereocenters. The zero-order valence-corrected chi connectivity index (χ0v) is 9.14. The molecule has 0 heterocycles. The zero-order valence-electron chi connectivity index (χ0n) is 7.51. The van der Waals surface area contributed by atoms with Crippen molar-refractivity contribution in [1.82, 2.24) is 0 Å². The molecular formula is C7H13NO4S2. The molecule has 1 unspecified atom stereocenters. The van der Waals surface area contributed by atoms with Gasteiger partial charge in [-0.3, -0.25) is 9.59 Å². The third-order valence-electron chi connectivity index (χ3n) is 1.31. The van der Waals surface area contributed by atoms with Crippen molar-refractivity contribution in [1.29, 1.82) is 0 Å². The minimum absolute atomic E-state index is 0.128. The maximum Gasteiger partial charge on any atom is 0.320 e. The van der Waals surface area contributed by atoms with Crippen molar-refractivity contribution in [3.05, 3.63) is 0 Å². The van der Waals surface area contributed by atoms with E-state index in [4.69, 9.17) is 15.9 Å². The molecule has 0 aromatic carbocycles. The van der Waals surface area contributed by atoms with Crippen molar-refractivity contribution < 1.29 is 19.8 Å². The Morgan fingerprint density at radius 1 is 1.21 bits per heavy atom. The van der Waals surface area contributed by atoms with Crippen LogP contribution in [-0.2, 0) is 9.59 Å². The normalized spacial score (nSPS) is 12.4. The second-order valence-electron chi connectivity index (χ2n) is 2.52. The summed E-state index contributed by atoms with van der Waals surface area (Å²) in [4.78, 5) is 20.4. The van der Waals surface area contributed by atoms with Gasteiger partial charge in [0.25, 0.3) is 0 Å². The van der Waals surface area contributed by atoms with Crippen LogP contribution < -0.4 is 5.73 Å². The molecule has 82 valence electrons. The Bertz CT molecular complexity index is 200. The SMILES string of the molecule is NC(CCSSCCC(=O)O)C(=O)O. The number of aliphatic carboxylic acids is 2. The lowest BCUT2D eigenvalue weighted by Gasteiger charge is -2.04. The van der Waals surface area contributed by atoms with Gasteiger partial charge in [0.2, 0.25) is 0 Å². The molecule has 0 aromatic heterocycles. The molecule has 0 saturated carbocycles. The molecular weight excluding hydrogens is 226 g/mol. The fraction of sp³-hybridized carbons (Fsp3) is 0.714. The van der Waals surface area contributed by atoms with Crippen molar-refractivity contribution >= 4 is 33.5 Å². The van der Waals surface area contributed by atoms with Crippen LogP contribution in [-0.4, -0.2) is 39.7 Å². The predicted octanol–water partition coefficient (Wildman–Crippen LogP) is 0.644. The Hall–Kier alpha value is -0.400. The van der Waals surface area contributed by atoms with Gasteiger partial charge in [-0.25, -0.2) is 0 Å². The molecule has 0 aliphatic rings. The van der Waals surface area contributed by atoms with E-state index in [-0.39, 0.29) is 6.42 Å². The fourth-order valence-corrected chi connectivity index (χ4v) is 2.63. The standard InChI is InChI=1S/C7H13NO4S2/c8-5(7(11)12)1-3-13-14-4-2-6(9)10/h5H,1-4,8H2,(H,9,10)(H,11,12). The van der Waals surface area contributed by atoms with E-state index in [9.17, 15) is 9.59 Å². The predicted molar refractivity (Wildman–Crippen MR) is 57.4 cm³/mol. The van der Waals surface area contributed by atoms with Gasteiger partial charge in [-0.15, -0.1) is 0 Å². The summed E-state index contributed by atoms with van der Waals surface area (Å²) in [6.45, 7) is 0. The van der Waals surface area contributed by atoms with Gasteiger partial charge in [0.1, 0.15) is 6.04 Å². The first kappa shape index (κ1) is 13.6. The van der Waals surface area contributed by atoms with Crippen LogP contribution in [0.4, 0.5) is 0 Å². The van der Waals surface area contributed by atoms with Gasteiger partial charge >= 0.3 is 11.9 Å². The summed E-state index contributed by atoms with van der Waals surface area (Å²) in [6.07, 6.45) is 0.530. The number of carboxylic acid groups (broad SMARTS) is 2. The van der Waals surface area contributed by atoms with Crippen LogP contribution in [0.15, 0.2) is 0 Å². The summed E-state index contributed by atoms with van der Waals surface area (Å²) in [5.74, 6) is -0.665. The summed E-state index contributed by atoms with van der Waals surface area (Å²) >= 11 is 0. The van der Waals surface area contributed by atoms with E-state index in [2.05, 4.69) is 0 Å². The highest BCUT2D eigenvalue weighted by molar-refractivity contribution is 8.76. The van der Waals surface area contributed by atoms with Crippen LogP contribution in [0.2, 0.25) is 0 Å². The van der Waals surface area contributed by atoms with E-state index in [1.165, 1.54) is 21.6 Å². The van der Waals surface area contributed by atoms with Crippen molar-refractivity contribution in [2.75, 3.05) is 11.5 Å². The van der Waals surface area contributed by atoms with Gasteiger partial charge in [0.05, 0.1) is 6.42 Å². The Labute approximate surface area is 89.8 Å². The van der Waals surface area contributed by atoms with E-state index in [1.54, 1.807) is 0 Å². The summed E-state index contributed by atoms with van der Waals surface area (Å²) in [5, 5.41) is 16.7. The Morgan fingerprint density at radius 2 is 1.79 bits per heavy atom. The van der Waals surface area contributed by atoms with E-state index in [1.807, 2.05) is 0 Å². The molecule has 0 aliphatic heterocycles. The molecule has 5 nitrogen and oxygen atoms in total. The highest BCUT2D eigenvalue weighted by atomic mass is 33.1. The molecule has 0 spiro atoms. The summed E-state index contributed by atoms with van der Waals surface area (Å²) in [7, 11) is 2.87. The van der Waals surface area contributed by atoms with Gasteiger partial charge in [0.15, 0.2) is 0 Å². The quantitative estimate of drug-likeness (QED) is 0.422. The lowest BCUT2D eigenvalue weighted by molar-refractivity contribution is -0.138. The number of nitrogens with two attached hydrogens (primary N) is 1. The maximum atomic E-state index is 10.3. The molecule has 0 saturated heterocycles. The number of hydrogen-bond acceptors (Lipinski definition) is 5. The first-order valence-corrected chi connectivity index (χ1v) is 6.47. The second kappa shape index (κ2) is 7.95. The van der Waals surface area contributed by atoms with Gasteiger partial charge in [-0.05, 0) is 6.42 Å². The van der Waals surface area contributed by atoms with Crippen LogP contribution >= 0.6 is 21.6 Å². The molecule has 0 aromatic rings. The van der Waals surface area contributed by atoms with Crippen LogP contribution in [0.3, 0.4) is 0 Å². The van der Waals surface area contributed by atoms with Gasteiger partial charge in [-0.1, -0.05) is 21.6 Å². The lowest BCUT2D eigenvalue weighted by Crippen LogP contribution is -2.30. The molecule has 0 radical (unpaired) electrons. The fourth-order valence-electron chi connectivity index (χ4n) is 0.545. The number of rotatable bonds is 8. The molecule has 0 bridgehead atoms. The van der Waals surface area contributed by atoms with Crippen molar-refractivity contribution in [2.24, 2.45) is 5.73 Å². The first-order valence-electron chi connectivity index (χ1n) is 3.98. The molecule has 0 amide bonds. The minimum atomic E-state index is -0.999. The Morgan fingerprint density at radius 3 is 2.29 bits per heavy atom. The van der Waals surface area contributed by atoms with Crippen LogP contribution in [0, 0.1) is 0 Å². The van der Waals surface area contributed by atoms with Gasteiger partial charge in [0, 0.05) is 11.5 Å². The smallest absolute Gasteiger partial charge is 0.320 e. The highest BCUT2D eigenvalue weighted by Gasteiger charge is 2.10. The zero-order chi connectivity index (χ0) is 11.0. The number of carbonyl (C=O) groups is 2. The van der Waals surface area contributed by atoms with Crippen molar-refractivity contribution in [3.8, 4) is 0 Å². The lowest BCUT2D eigenvalue weighted by atomic mass is 10.2. The third-order valence-corrected chi connectivity index (χ3v) is 3.75. The van der Waals surface area contributed by atoms with Crippen LogP contribution in [0.1, 0.15) is 12.8 Å². The largest absolute Gasteiger partial charge is 0.481 e. The molecule has 14 heavy (non-hydrogen) atoms. The average molecular weight is 239 g/mol.